The lowest BCUT2D eigenvalue weighted by Gasteiger charge is -2.11. The van der Waals surface area contributed by atoms with Gasteiger partial charge >= 0.3 is 0 Å². The van der Waals surface area contributed by atoms with Gasteiger partial charge in [-0.25, -0.2) is 14.2 Å². The molecule has 9 heteroatoms. The molecule has 7 nitrogen and oxygen atoms in total. The molecule has 1 N–H and O–H groups in total. The quantitative estimate of drug-likeness (QED) is 0.442. The smallest absolute Gasteiger partial charge is 0.267 e. The third-order valence-corrected chi connectivity index (χ3v) is 5.42. The number of pyridine rings is 1. The van der Waals surface area contributed by atoms with E-state index in [4.69, 9.17) is 23.2 Å². The third-order valence-electron chi connectivity index (χ3n) is 4.88. The molecule has 0 fully saturated rings. The molecule has 0 aliphatic rings. The Kier molecular flexibility index (Phi) is 4.69. The van der Waals surface area contributed by atoms with Crippen LogP contribution in [0.15, 0.2) is 78.0 Å². The zero-order valence-electron chi connectivity index (χ0n) is 15.8. The van der Waals surface area contributed by atoms with E-state index < -0.39 is 11.5 Å². The van der Waals surface area contributed by atoms with Crippen molar-refractivity contribution >= 4 is 45.7 Å². The minimum Gasteiger partial charge on any atom is -0.267 e. The monoisotopic (exact) mass is 449 g/mol. The molecule has 3 heterocycles. The SMILES string of the molecule is O=C(Nn1ccc2c(cnc3c(-c4ccccc4)cnn32)c1=O)c1ccc(Cl)cc1Cl. The molecular weight excluding hydrogens is 437 g/mol. The molecule has 3 aromatic heterocycles. The maximum absolute atomic E-state index is 13.0. The van der Waals surface area contributed by atoms with E-state index >= 15 is 0 Å². The molecule has 2 aromatic carbocycles. The van der Waals surface area contributed by atoms with Crippen LogP contribution in [0, 0.1) is 0 Å². The Morgan fingerprint density at radius 2 is 1.81 bits per heavy atom. The molecular formula is C22H13Cl2N5O2. The molecule has 0 unspecified atom stereocenters. The van der Waals surface area contributed by atoms with Crippen molar-refractivity contribution in [2.24, 2.45) is 0 Å². The molecule has 0 aliphatic carbocycles. The molecule has 0 saturated heterocycles. The van der Waals surface area contributed by atoms with Crippen molar-refractivity contribution in [2.75, 3.05) is 5.43 Å². The first-order valence-corrected chi connectivity index (χ1v) is 9.98. The topological polar surface area (TPSA) is 81.3 Å². The Morgan fingerprint density at radius 1 is 1.00 bits per heavy atom. The number of rotatable bonds is 3. The number of hydrogen-bond acceptors (Lipinski definition) is 4. The first-order chi connectivity index (χ1) is 15.0. The molecule has 5 aromatic rings. The zero-order valence-corrected chi connectivity index (χ0v) is 17.3. The van der Waals surface area contributed by atoms with Gasteiger partial charge in [-0.2, -0.15) is 5.10 Å². The lowest BCUT2D eigenvalue weighted by Crippen LogP contribution is -2.33. The first kappa shape index (κ1) is 19.3. The Bertz CT molecular complexity index is 1530. The summed E-state index contributed by atoms with van der Waals surface area (Å²) in [5.41, 5.74) is 5.34. The molecule has 31 heavy (non-hydrogen) atoms. The van der Waals surface area contributed by atoms with Crippen LogP contribution < -0.4 is 11.0 Å². The van der Waals surface area contributed by atoms with E-state index in [0.717, 1.165) is 15.8 Å². The molecule has 0 atom stereocenters. The Hall–Kier alpha value is -3.68. The van der Waals surface area contributed by atoms with Gasteiger partial charge in [-0.05, 0) is 29.8 Å². The predicted molar refractivity (Wildman–Crippen MR) is 120 cm³/mol. The molecule has 0 saturated carbocycles. The van der Waals surface area contributed by atoms with Crippen LogP contribution in [0.1, 0.15) is 10.4 Å². The summed E-state index contributed by atoms with van der Waals surface area (Å²) in [6.45, 7) is 0. The van der Waals surface area contributed by atoms with Gasteiger partial charge in [0.25, 0.3) is 11.5 Å². The maximum atomic E-state index is 13.0. The summed E-state index contributed by atoms with van der Waals surface area (Å²) in [4.78, 5) is 30.0. The Labute approximate surface area is 185 Å². The van der Waals surface area contributed by atoms with Gasteiger partial charge in [0, 0.05) is 23.0 Å². The van der Waals surface area contributed by atoms with Crippen molar-refractivity contribution in [3.8, 4) is 11.1 Å². The summed E-state index contributed by atoms with van der Waals surface area (Å²) in [5.74, 6) is -0.539. The van der Waals surface area contributed by atoms with Crippen LogP contribution in [0.4, 0.5) is 0 Å². The molecule has 0 aliphatic heterocycles. The Balaban J connectivity index is 1.56. The van der Waals surface area contributed by atoms with Crippen molar-refractivity contribution in [2.45, 2.75) is 0 Å². The minimum atomic E-state index is -0.539. The molecule has 0 bridgehead atoms. The van der Waals surface area contributed by atoms with Crippen LogP contribution in [0.3, 0.4) is 0 Å². The second-order valence-electron chi connectivity index (χ2n) is 6.77. The molecule has 0 radical (unpaired) electrons. The van der Waals surface area contributed by atoms with E-state index in [9.17, 15) is 9.59 Å². The molecule has 5 rings (SSSR count). The number of carbonyl (C=O) groups is 1. The van der Waals surface area contributed by atoms with E-state index in [0.29, 0.717) is 21.6 Å². The number of amides is 1. The van der Waals surface area contributed by atoms with Gasteiger partial charge in [-0.15, -0.1) is 0 Å². The lowest BCUT2D eigenvalue weighted by atomic mass is 10.1. The molecule has 152 valence electrons. The van der Waals surface area contributed by atoms with E-state index in [-0.39, 0.29) is 10.6 Å². The van der Waals surface area contributed by atoms with Gasteiger partial charge in [0.05, 0.1) is 27.7 Å². The summed E-state index contributed by atoms with van der Waals surface area (Å²) in [6, 6.07) is 16.0. The predicted octanol–water partition coefficient (Wildman–Crippen LogP) is 4.40. The third kappa shape index (κ3) is 3.34. The van der Waals surface area contributed by atoms with Crippen molar-refractivity contribution in [3.63, 3.8) is 0 Å². The summed E-state index contributed by atoms with van der Waals surface area (Å²) in [6.07, 6.45) is 4.67. The van der Waals surface area contributed by atoms with E-state index in [2.05, 4.69) is 15.5 Å². The number of hydrogen-bond donors (Lipinski definition) is 1. The standard InChI is InChI=1S/C22H13Cl2N5O2/c23-14-6-7-15(18(24)10-14)21(30)27-28-9-8-19-17(22(28)31)11-25-20-16(12-26-29(19)20)13-4-2-1-3-5-13/h1-12H,(H,27,30). The number of fused-ring (bicyclic) bond motifs is 3. The van der Waals surface area contributed by atoms with Crippen molar-refractivity contribution < 1.29 is 4.79 Å². The fourth-order valence-corrected chi connectivity index (χ4v) is 3.86. The summed E-state index contributed by atoms with van der Waals surface area (Å²) in [7, 11) is 0. The fraction of sp³-hybridized carbons (Fsp3) is 0. The normalized spacial score (nSPS) is 11.2. The molecule has 0 spiro atoms. The number of aromatic nitrogens is 4. The van der Waals surface area contributed by atoms with Crippen molar-refractivity contribution in [1.82, 2.24) is 19.3 Å². The summed E-state index contributed by atoms with van der Waals surface area (Å²) < 4.78 is 2.70. The van der Waals surface area contributed by atoms with Gasteiger partial charge in [-0.3, -0.25) is 15.0 Å². The highest BCUT2D eigenvalue weighted by Crippen LogP contribution is 2.25. The van der Waals surface area contributed by atoms with Crippen LogP contribution in [-0.2, 0) is 0 Å². The number of carbonyl (C=O) groups excluding carboxylic acids is 1. The lowest BCUT2D eigenvalue weighted by molar-refractivity contribution is 0.101. The number of nitrogens with one attached hydrogen (secondary N) is 1. The van der Waals surface area contributed by atoms with Gasteiger partial charge in [0.2, 0.25) is 0 Å². The maximum Gasteiger partial charge on any atom is 0.280 e. The van der Waals surface area contributed by atoms with Crippen molar-refractivity contribution in [1.29, 1.82) is 0 Å². The van der Waals surface area contributed by atoms with Gasteiger partial charge < -0.3 is 0 Å². The van der Waals surface area contributed by atoms with Crippen LogP contribution in [0.2, 0.25) is 10.0 Å². The second-order valence-corrected chi connectivity index (χ2v) is 7.62. The fourth-order valence-electron chi connectivity index (χ4n) is 3.37. The van der Waals surface area contributed by atoms with Gasteiger partial charge in [0.1, 0.15) is 0 Å². The highest BCUT2D eigenvalue weighted by atomic mass is 35.5. The molecule has 1 amide bonds. The Morgan fingerprint density at radius 3 is 2.58 bits per heavy atom. The first-order valence-electron chi connectivity index (χ1n) is 9.23. The average Bonchev–Trinajstić information content (AvgIpc) is 3.20. The number of halogens is 2. The second kappa shape index (κ2) is 7.54. The van der Waals surface area contributed by atoms with E-state index in [1.807, 2.05) is 30.3 Å². The summed E-state index contributed by atoms with van der Waals surface area (Å²) in [5, 5.41) is 5.31. The van der Waals surface area contributed by atoms with Gasteiger partial charge in [-0.1, -0.05) is 53.5 Å². The average molecular weight is 450 g/mol. The van der Waals surface area contributed by atoms with E-state index in [1.165, 1.54) is 24.5 Å². The van der Waals surface area contributed by atoms with Crippen molar-refractivity contribution in [3.05, 3.63) is 99.2 Å². The van der Waals surface area contributed by atoms with E-state index in [1.54, 1.807) is 22.8 Å². The minimum absolute atomic E-state index is 0.187. The highest BCUT2D eigenvalue weighted by Gasteiger charge is 2.15. The number of nitrogens with zero attached hydrogens (tertiary/aromatic N) is 4. The van der Waals surface area contributed by atoms with Crippen LogP contribution in [0.25, 0.3) is 27.7 Å². The van der Waals surface area contributed by atoms with Crippen LogP contribution >= 0.6 is 23.2 Å². The zero-order chi connectivity index (χ0) is 21.5. The van der Waals surface area contributed by atoms with Crippen LogP contribution in [0.5, 0.6) is 0 Å². The number of benzene rings is 2. The van der Waals surface area contributed by atoms with Gasteiger partial charge in [0.15, 0.2) is 5.65 Å². The van der Waals surface area contributed by atoms with Crippen LogP contribution in [-0.4, -0.2) is 25.2 Å². The highest BCUT2D eigenvalue weighted by molar-refractivity contribution is 6.37. The summed E-state index contributed by atoms with van der Waals surface area (Å²) >= 11 is 12.0. The largest absolute Gasteiger partial charge is 0.280 e.